The number of benzene rings is 3. The van der Waals surface area contributed by atoms with Crippen LogP contribution in [0.2, 0.25) is 0 Å². The van der Waals surface area contributed by atoms with Crippen LogP contribution in [0.25, 0.3) is 11.1 Å². The predicted octanol–water partition coefficient (Wildman–Crippen LogP) is 5.57. The lowest BCUT2D eigenvalue weighted by Crippen LogP contribution is -2.10. The van der Waals surface area contributed by atoms with Gasteiger partial charge in [0, 0.05) is 10.9 Å². The molecule has 1 radical (unpaired) electrons. The quantitative estimate of drug-likeness (QED) is 0.578. The Morgan fingerprint density at radius 3 is 2.00 bits per heavy atom. The van der Waals surface area contributed by atoms with E-state index >= 15 is 0 Å². The lowest BCUT2D eigenvalue weighted by atomic mass is 10.0. The van der Waals surface area contributed by atoms with Crippen LogP contribution in [0.5, 0.6) is 0 Å². The Morgan fingerprint density at radius 2 is 1.36 bits per heavy atom. The summed E-state index contributed by atoms with van der Waals surface area (Å²) in [5.41, 5.74) is 4.95. The van der Waals surface area contributed by atoms with E-state index in [1.54, 1.807) is 6.07 Å². The molecule has 1 unspecified atom stereocenters. The highest BCUT2D eigenvalue weighted by Crippen LogP contribution is 2.34. The molecule has 3 aromatic carbocycles. The van der Waals surface area contributed by atoms with Crippen LogP contribution in [0.15, 0.2) is 66.7 Å². The molecule has 0 spiro atoms. The van der Waals surface area contributed by atoms with E-state index in [-0.39, 0.29) is 5.52 Å². The Hall–Kier alpha value is -2.57. The summed E-state index contributed by atoms with van der Waals surface area (Å²) in [6.07, 6.45) is 0. The van der Waals surface area contributed by atoms with Crippen LogP contribution in [0.1, 0.15) is 27.0 Å². The summed E-state index contributed by atoms with van der Waals surface area (Å²) in [5, 5.41) is 0.591. The molecule has 0 fully saturated rings. The van der Waals surface area contributed by atoms with Crippen LogP contribution >= 0.6 is 7.80 Å². The molecule has 0 aliphatic heterocycles. The van der Waals surface area contributed by atoms with Crippen LogP contribution in [-0.4, -0.2) is 5.52 Å². The molecule has 0 aliphatic carbocycles. The molecule has 3 rings (SSSR count). The molecule has 0 N–H and O–H groups in total. The largest absolute Gasteiger partial charge is 0.281 e. The Labute approximate surface area is 149 Å². The molecular formula is C22H20O2P. The third kappa shape index (κ3) is 3.45. The fourth-order valence-electron chi connectivity index (χ4n) is 3.24. The van der Waals surface area contributed by atoms with Gasteiger partial charge in [0.1, 0.15) is 0 Å². The molecule has 25 heavy (non-hydrogen) atoms. The predicted molar refractivity (Wildman–Crippen MR) is 104 cm³/mol. The van der Waals surface area contributed by atoms with E-state index in [2.05, 4.69) is 0 Å². The molecule has 0 saturated carbocycles. The maximum absolute atomic E-state index is 13.1. The monoisotopic (exact) mass is 347 g/mol. The Kier molecular flexibility index (Phi) is 4.92. The SMILES string of the molecule is Cc1cc(C)c(C(=O)[P](=O)c2ccccc2-c2ccccc2)c(C)c1. The van der Waals surface area contributed by atoms with E-state index in [9.17, 15) is 9.36 Å². The van der Waals surface area contributed by atoms with Crippen molar-refractivity contribution < 1.29 is 9.36 Å². The topological polar surface area (TPSA) is 34.1 Å². The summed E-state index contributed by atoms with van der Waals surface area (Å²) in [5.74, 6) is 0. The van der Waals surface area contributed by atoms with Crippen molar-refractivity contribution >= 4 is 18.6 Å². The van der Waals surface area contributed by atoms with Crippen molar-refractivity contribution in [3.05, 3.63) is 89.0 Å². The molecule has 125 valence electrons. The van der Waals surface area contributed by atoms with Gasteiger partial charge in [-0.15, -0.1) is 0 Å². The maximum Gasteiger partial charge on any atom is 0.247 e. The molecule has 0 amide bonds. The number of carbonyl (C=O) groups is 1. The average Bonchev–Trinajstić information content (AvgIpc) is 2.61. The highest BCUT2D eigenvalue weighted by molar-refractivity contribution is 7.71. The number of hydrogen-bond acceptors (Lipinski definition) is 2. The second-order valence-corrected chi connectivity index (χ2v) is 7.73. The van der Waals surface area contributed by atoms with Gasteiger partial charge in [0.2, 0.25) is 5.52 Å². The summed E-state index contributed by atoms with van der Waals surface area (Å²) < 4.78 is 13.1. The summed E-state index contributed by atoms with van der Waals surface area (Å²) in [4.78, 5) is 13.0. The van der Waals surface area contributed by atoms with E-state index < -0.39 is 7.80 Å². The maximum atomic E-state index is 13.1. The van der Waals surface area contributed by atoms with Gasteiger partial charge in [0.25, 0.3) is 0 Å². The minimum absolute atomic E-state index is 0.298. The lowest BCUT2D eigenvalue weighted by molar-refractivity contribution is 0.107. The van der Waals surface area contributed by atoms with Crippen LogP contribution in [0.3, 0.4) is 0 Å². The van der Waals surface area contributed by atoms with Crippen molar-refractivity contribution in [2.45, 2.75) is 20.8 Å². The van der Waals surface area contributed by atoms with Crippen molar-refractivity contribution in [3.8, 4) is 11.1 Å². The van der Waals surface area contributed by atoms with Crippen molar-refractivity contribution in [1.82, 2.24) is 0 Å². The first kappa shape index (κ1) is 17.3. The minimum atomic E-state index is -2.19. The lowest BCUT2D eigenvalue weighted by Gasteiger charge is -2.12. The summed E-state index contributed by atoms with van der Waals surface area (Å²) in [6.45, 7) is 5.80. The van der Waals surface area contributed by atoms with Gasteiger partial charge in [-0.3, -0.25) is 9.36 Å². The molecule has 2 nitrogen and oxygen atoms in total. The van der Waals surface area contributed by atoms with Crippen molar-refractivity contribution in [1.29, 1.82) is 0 Å². The summed E-state index contributed by atoms with van der Waals surface area (Å²) in [6, 6.07) is 21.1. The normalized spacial score (nSPS) is 11.2. The van der Waals surface area contributed by atoms with E-state index in [1.807, 2.05) is 81.4 Å². The highest BCUT2D eigenvalue weighted by atomic mass is 31.1. The van der Waals surface area contributed by atoms with E-state index in [0.29, 0.717) is 10.9 Å². The standard InChI is InChI=1S/C22H20O2P/c1-15-13-16(2)21(17(3)14-15)22(23)25(24)20-12-8-7-11-19(20)18-9-5-4-6-10-18/h4-14H,1-3H3. The third-order valence-corrected chi connectivity index (χ3v) is 5.70. The minimum Gasteiger partial charge on any atom is -0.281 e. The van der Waals surface area contributed by atoms with Gasteiger partial charge < -0.3 is 0 Å². The second kappa shape index (κ2) is 7.13. The number of carbonyl (C=O) groups excluding carboxylic acids is 1. The van der Waals surface area contributed by atoms with Crippen LogP contribution in [0.4, 0.5) is 0 Å². The average molecular weight is 347 g/mol. The Bertz CT molecular complexity index is 936. The third-order valence-electron chi connectivity index (χ3n) is 4.28. The van der Waals surface area contributed by atoms with Crippen LogP contribution < -0.4 is 5.30 Å². The van der Waals surface area contributed by atoms with Gasteiger partial charge in [-0.1, -0.05) is 66.2 Å². The molecular weight excluding hydrogens is 327 g/mol. The molecule has 0 bridgehead atoms. The van der Waals surface area contributed by atoms with Crippen molar-refractivity contribution in [2.24, 2.45) is 0 Å². The van der Waals surface area contributed by atoms with Crippen molar-refractivity contribution in [2.75, 3.05) is 0 Å². The fraction of sp³-hybridized carbons (Fsp3) is 0.136. The van der Waals surface area contributed by atoms with Gasteiger partial charge in [-0.25, -0.2) is 0 Å². The first-order valence-electron chi connectivity index (χ1n) is 8.23. The van der Waals surface area contributed by atoms with Crippen molar-refractivity contribution in [3.63, 3.8) is 0 Å². The van der Waals surface area contributed by atoms with Gasteiger partial charge in [0.15, 0.2) is 7.80 Å². The number of rotatable bonds is 4. The number of aryl methyl sites for hydroxylation is 3. The molecule has 0 saturated heterocycles. The first-order chi connectivity index (χ1) is 12.0. The van der Waals surface area contributed by atoms with Gasteiger partial charge in [-0.05, 0) is 49.1 Å². The Morgan fingerprint density at radius 1 is 0.800 bits per heavy atom. The zero-order chi connectivity index (χ0) is 18.0. The molecule has 0 aromatic heterocycles. The molecule has 0 aliphatic rings. The highest BCUT2D eigenvalue weighted by Gasteiger charge is 2.23. The fourth-order valence-corrected chi connectivity index (χ4v) is 4.66. The number of hydrogen-bond donors (Lipinski definition) is 0. The van der Waals surface area contributed by atoms with E-state index in [0.717, 1.165) is 27.8 Å². The van der Waals surface area contributed by atoms with Gasteiger partial charge in [0.05, 0.1) is 0 Å². The molecule has 3 aromatic rings. The molecule has 1 atom stereocenters. The summed E-state index contributed by atoms with van der Waals surface area (Å²) >= 11 is 0. The summed E-state index contributed by atoms with van der Waals surface area (Å²) in [7, 11) is -2.19. The Balaban J connectivity index is 2.07. The molecule has 3 heteroatoms. The van der Waals surface area contributed by atoms with E-state index in [1.165, 1.54) is 0 Å². The van der Waals surface area contributed by atoms with Gasteiger partial charge >= 0.3 is 0 Å². The zero-order valence-corrected chi connectivity index (χ0v) is 15.5. The first-order valence-corrected chi connectivity index (χ1v) is 9.49. The zero-order valence-electron chi connectivity index (χ0n) is 14.6. The smallest absolute Gasteiger partial charge is 0.247 e. The van der Waals surface area contributed by atoms with E-state index in [4.69, 9.17) is 0 Å². The van der Waals surface area contributed by atoms with Crippen LogP contribution in [0, 0.1) is 20.8 Å². The molecule has 0 heterocycles. The van der Waals surface area contributed by atoms with Crippen LogP contribution in [-0.2, 0) is 4.57 Å². The van der Waals surface area contributed by atoms with Gasteiger partial charge in [-0.2, -0.15) is 0 Å². The second-order valence-electron chi connectivity index (χ2n) is 6.26.